The van der Waals surface area contributed by atoms with Crippen molar-refractivity contribution in [2.24, 2.45) is 0 Å². The molecule has 4 nitrogen and oxygen atoms in total. The third-order valence-corrected chi connectivity index (χ3v) is 3.40. The van der Waals surface area contributed by atoms with Crippen molar-refractivity contribution in [2.45, 2.75) is 26.2 Å². The molecule has 2 rings (SSSR count). The van der Waals surface area contributed by atoms with Gasteiger partial charge in [-0.2, -0.15) is 0 Å². The summed E-state index contributed by atoms with van der Waals surface area (Å²) in [6.07, 6.45) is 6.42. The number of nitrogens with one attached hydrogen (secondary N) is 2. The van der Waals surface area contributed by atoms with Crippen LogP contribution in [0.5, 0.6) is 0 Å². The van der Waals surface area contributed by atoms with Crippen LogP contribution in [0.25, 0.3) is 0 Å². The van der Waals surface area contributed by atoms with Crippen molar-refractivity contribution in [1.82, 2.24) is 10.3 Å². The lowest BCUT2D eigenvalue weighted by Crippen LogP contribution is -2.25. The standard InChI is InChI=1S/C18H23N3O/c1-2-3-10-20-17-12-16(13-19-14-17)18(22)21-11-9-15-7-5-4-6-8-15/h4-8,12-14,20H,2-3,9-11H2,1H3,(H,21,22). The number of hydrogen-bond donors (Lipinski definition) is 2. The van der Waals surface area contributed by atoms with Gasteiger partial charge in [0.05, 0.1) is 11.3 Å². The van der Waals surface area contributed by atoms with Crippen LogP contribution in [0.4, 0.5) is 5.69 Å². The minimum absolute atomic E-state index is 0.0810. The van der Waals surface area contributed by atoms with E-state index < -0.39 is 0 Å². The Morgan fingerprint density at radius 3 is 2.73 bits per heavy atom. The summed E-state index contributed by atoms with van der Waals surface area (Å²) >= 11 is 0. The number of unbranched alkanes of at least 4 members (excludes halogenated alkanes) is 1. The Morgan fingerprint density at radius 1 is 1.14 bits per heavy atom. The normalized spacial score (nSPS) is 10.2. The third-order valence-electron chi connectivity index (χ3n) is 3.40. The zero-order valence-corrected chi connectivity index (χ0v) is 13.0. The predicted molar refractivity (Wildman–Crippen MR) is 90.1 cm³/mol. The summed E-state index contributed by atoms with van der Waals surface area (Å²) < 4.78 is 0. The minimum atomic E-state index is -0.0810. The van der Waals surface area contributed by atoms with E-state index in [2.05, 4.69) is 34.7 Å². The fraction of sp³-hybridized carbons (Fsp3) is 0.333. The van der Waals surface area contributed by atoms with Crippen molar-refractivity contribution < 1.29 is 4.79 Å². The topological polar surface area (TPSA) is 54.0 Å². The van der Waals surface area contributed by atoms with Gasteiger partial charge in [0, 0.05) is 25.5 Å². The van der Waals surface area contributed by atoms with Crippen LogP contribution in [0.2, 0.25) is 0 Å². The third kappa shape index (κ3) is 5.20. The van der Waals surface area contributed by atoms with E-state index in [1.165, 1.54) is 5.56 Å². The summed E-state index contributed by atoms with van der Waals surface area (Å²) in [5, 5.41) is 6.22. The van der Waals surface area contributed by atoms with Crippen LogP contribution >= 0.6 is 0 Å². The SMILES string of the molecule is CCCCNc1cncc(C(=O)NCCc2ccccc2)c1. The van der Waals surface area contributed by atoms with Crippen molar-refractivity contribution in [2.75, 3.05) is 18.4 Å². The number of rotatable bonds is 8. The average Bonchev–Trinajstić information content (AvgIpc) is 2.56. The highest BCUT2D eigenvalue weighted by Gasteiger charge is 2.06. The molecule has 0 aliphatic heterocycles. The smallest absolute Gasteiger partial charge is 0.252 e. The Hall–Kier alpha value is -2.36. The molecule has 116 valence electrons. The maximum atomic E-state index is 12.1. The zero-order valence-electron chi connectivity index (χ0n) is 13.0. The number of anilines is 1. The number of benzene rings is 1. The monoisotopic (exact) mass is 297 g/mol. The molecule has 0 atom stereocenters. The molecule has 1 heterocycles. The van der Waals surface area contributed by atoms with Crippen molar-refractivity contribution in [3.63, 3.8) is 0 Å². The van der Waals surface area contributed by atoms with Gasteiger partial charge in [-0.1, -0.05) is 43.7 Å². The highest BCUT2D eigenvalue weighted by atomic mass is 16.1. The van der Waals surface area contributed by atoms with E-state index in [0.29, 0.717) is 12.1 Å². The fourth-order valence-electron chi connectivity index (χ4n) is 2.14. The van der Waals surface area contributed by atoms with E-state index in [0.717, 1.165) is 31.5 Å². The average molecular weight is 297 g/mol. The van der Waals surface area contributed by atoms with E-state index in [4.69, 9.17) is 0 Å². The zero-order chi connectivity index (χ0) is 15.6. The summed E-state index contributed by atoms with van der Waals surface area (Å²) in [5.41, 5.74) is 2.70. The van der Waals surface area contributed by atoms with Crippen molar-refractivity contribution >= 4 is 11.6 Å². The molecule has 0 bridgehead atoms. The summed E-state index contributed by atoms with van der Waals surface area (Å²) in [7, 11) is 0. The molecule has 0 saturated heterocycles. The maximum absolute atomic E-state index is 12.1. The Labute approximate surface area is 132 Å². The summed E-state index contributed by atoms with van der Waals surface area (Å²) in [6.45, 7) is 3.67. The highest BCUT2D eigenvalue weighted by molar-refractivity contribution is 5.94. The molecule has 0 spiro atoms. The van der Waals surface area contributed by atoms with Crippen LogP contribution in [0.1, 0.15) is 35.7 Å². The number of nitrogens with zero attached hydrogens (tertiary/aromatic N) is 1. The molecule has 0 aliphatic carbocycles. The minimum Gasteiger partial charge on any atom is -0.384 e. The first-order valence-corrected chi connectivity index (χ1v) is 7.80. The van der Waals surface area contributed by atoms with Gasteiger partial charge in [-0.3, -0.25) is 9.78 Å². The number of amides is 1. The summed E-state index contributed by atoms with van der Waals surface area (Å²) in [5.74, 6) is -0.0810. The Balaban J connectivity index is 1.82. The molecule has 0 unspecified atom stereocenters. The summed E-state index contributed by atoms with van der Waals surface area (Å²) in [4.78, 5) is 16.3. The van der Waals surface area contributed by atoms with Gasteiger partial charge in [-0.15, -0.1) is 0 Å². The van der Waals surface area contributed by atoms with Crippen LogP contribution in [-0.4, -0.2) is 24.0 Å². The lowest BCUT2D eigenvalue weighted by atomic mass is 10.1. The van der Waals surface area contributed by atoms with Gasteiger partial charge in [0.25, 0.3) is 5.91 Å². The molecule has 2 aromatic rings. The molecule has 0 saturated carbocycles. The highest BCUT2D eigenvalue weighted by Crippen LogP contribution is 2.08. The van der Waals surface area contributed by atoms with E-state index in [1.54, 1.807) is 12.4 Å². The van der Waals surface area contributed by atoms with Crippen molar-refractivity contribution in [3.8, 4) is 0 Å². The molecule has 0 fully saturated rings. The molecule has 2 N–H and O–H groups in total. The second kappa shape index (κ2) is 8.82. The van der Waals surface area contributed by atoms with E-state index in [-0.39, 0.29) is 5.91 Å². The summed E-state index contributed by atoms with van der Waals surface area (Å²) in [6, 6.07) is 12.0. The van der Waals surface area contributed by atoms with Crippen molar-refractivity contribution in [3.05, 3.63) is 59.9 Å². The van der Waals surface area contributed by atoms with Gasteiger partial charge in [-0.25, -0.2) is 0 Å². The molecule has 0 radical (unpaired) electrons. The molecule has 1 aromatic heterocycles. The van der Waals surface area contributed by atoms with Gasteiger partial charge >= 0.3 is 0 Å². The number of hydrogen-bond acceptors (Lipinski definition) is 3. The van der Waals surface area contributed by atoms with Gasteiger partial charge in [0.1, 0.15) is 0 Å². The number of carbonyl (C=O) groups excluding carboxylic acids is 1. The van der Waals surface area contributed by atoms with E-state index >= 15 is 0 Å². The first kappa shape index (κ1) is 16.0. The predicted octanol–water partition coefficient (Wildman–Crippen LogP) is 3.27. The molecule has 0 aliphatic rings. The number of carbonyl (C=O) groups is 1. The van der Waals surface area contributed by atoms with Crippen LogP contribution < -0.4 is 10.6 Å². The fourth-order valence-corrected chi connectivity index (χ4v) is 2.14. The maximum Gasteiger partial charge on any atom is 0.252 e. The van der Waals surface area contributed by atoms with Crippen LogP contribution in [0, 0.1) is 0 Å². The van der Waals surface area contributed by atoms with E-state index in [9.17, 15) is 4.79 Å². The number of pyridine rings is 1. The second-order valence-electron chi connectivity index (χ2n) is 5.23. The van der Waals surface area contributed by atoms with E-state index in [1.807, 2.05) is 24.3 Å². The largest absolute Gasteiger partial charge is 0.384 e. The number of aromatic nitrogens is 1. The molecule has 1 aromatic carbocycles. The molecule has 4 heteroatoms. The lowest BCUT2D eigenvalue weighted by Gasteiger charge is -2.08. The van der Waals surface area contributed by atoms with Gasteiger partial charge in [0.15, 0.2) is 0 Å². The van der Waals surface area contributed by atoms with Crippen LogP contribution in [0.3, 0.4) is 0 Å². The molecule has 1 amide bonds. The molecular weight excluding hydrogens is 274 g/mol. The molecule has 22 heavy (non-hydrogen) atoms. The second-order valence-corrected chi connectivity index (χ2v) is 5.23. The van der Waals surface area contributed by atoms with Gasteiger partial charge in [-0.05, 0) is 24.5 Å². The van der Waals surface area contributed by atoms with Crippen LogP contribution in [-0.2, 0) is 6.42 Å². The quantitative estimate of drug-likeness (QED) is 0.735. The van der Waals surface area contributed by atoms with Crippen molar-refractivity contribution in [1.29, 1.82) is 0 Å². The Morgan fingerprint density at radius 2 is 1.95 bits per heavy atom. The molecular formula is C18H23N3O. The lowest BCUT2D eigenvalue weighted by molar-refractivity contribution is 0.0954. The van der Waals surface area contributed by atoms with Gasteiger partial charge in [0.2, 0.25) is 0 Å². The van der Waals surface area contributed by atoms with Crippen LogP contribution in [0.15, 0.2) is 48.8 Å². The first-order valence-electron chi connectivity index (χ1n) is 7.80. The Bertz CT molecular complexity index is 584. The van der Waals surface area contributed by atoms with Gasteiger partial charge < -0.3 is 10.6 Å². The first-order chi connectivity index (χ1) is 10.8. The Kier molecular flexibility index (Phi) is 6.42.